The van der Waals surface area contributed by atoms with Gasteiger partial charge in [0, 0.05) is 23.7 Å². The lowest BCUT2D eigenvalue weighted by atomic mass is 9.96. The molecule has 2 aromatic rings. The van der Waals surface area contributed by atoms with Gasteiger partial charge in [-0.25, -0.2) is 0 Å². The van der Waals surface area contributed by atoms with Gasteiger partial charge in [-0.2, -0.15) is 10.5 Å². The molecule has 1 aromatic carbocycles. The summed E-state index contributed by atoms with van der Waals surface area (Å²) < 4.78 is 0. The van der Waals surface area contributed by atoms with E-state index in [4.69, 9.17) is 0 Å². The number of fused-ring (bicyclic) bond motifs is 1. The standard InChI is InChI=1S/C24H26N4OS/c1-4-28(5-2)19-11-10-17(16(3)12-19)13-18(14-25)23(29)27-24-21(15-26)20-8-6-7-9-22(20)30-24/h10-13H,4-9H2,1-3H3,(H,27,29)/b18-13+. The molecule has 0 atom stereocenters. The van der Waals surface area contributed by atoms with Crippen molar-refractivity contribution in [3.63, 3.8) is 0 Å². The molecule has 3 rings (SSSR count). The molecule has 1 heterocycles. The highest BCUT2D eigenvalue weighted by Crippen LogP contribution is 2.37. The second-order valence-electron chi connectivity index (χ2n) is 7.36. The summed E-state index contributed by atoms with van der Waals surface area (Å²) in [6.45, 7) is 8.05. The number of anilines is 2. The van der Waals surface area contributed by atoms with Crippen LogP contribution in [0.4, 0.5) is 10.7 Å². The highest BCUT2D eigenvalue weighted by Gasteiger charge is 2.22. The molecule has 1 aromatic heterocycles. The van der Waals surface area contributed by atoms with E-state index >= 15 is 0 Å². The molecule has 0 saturated heterocycles. The van der Waals surface area contributed by atoms with E-state index < -0.39 is 5.91 Å². The molecule has 0 radical (unpaired) electrons. The zero-order valence-corrected chi connectivity index (χ0v) is 18.5. The number of nitrogens with zero attached hydrogens (tertiary/aromatic N) is 3. The van der Waals surface area contributed by atoms with Crippen LogP contribution >= 0.6 is 11.3 Å². The third-order valence-electron chi connectivity index (χ3n) is 5.56. The fourth-order valence-electron chi connectivity index (χ4n) is 3.85. The fourth-order valence-corrected chi connectivity index (χ4v) is 5.09. The van der Waals surface area contributed by atoms with E-state index in [1.165, 1.54) is 16.2 Å². The third-order valence-corrected chi connectivity index (χ3v) is 6.76. The SMILES string of the molecule is CCN(CC)c1ccc(/C=C(\C#N)C(=O)Nc2sc3c(c2C#N)CCCC3)c(C)c1. The van der Waals surface area contributed by atoms with Crippen LogP contribution in [0.3, 0.4) is 0 Å². The Kier molecular flexibility index (Phi) is 6.92. The van der Waals surface area contributed by atoms with Gasteiger partial charge in [-0.3, -0.25) is 4.79 Å². The molecular formula is C24H26N4OS. The van der Waals surface area contributed by atoms with Crippen molar-refractivity contribution in [2.24, 2.45) is 0 Å². The van der Waals surface area contributed by atoms with Crippen LogP contribution in [0, 0.1) is 29.6 Å². The van der Waals surface area contributed by atoms with Crippen LogP contribution in [0.25, 0.3) is 6.08 Å². The van der Waals surface area contributed by atoms with Gasteiger partial charge < -0.3 is 10.2 Å². The smallest absolute Gasteiger partial charge is 0.266 e. The number of carbonyl (C=O) groups is 1. The van der Waals surface area contributed by atoms with Crippen LogP contribution in [0.5, 0.6) is 0 Å². The van der Waals surface area contributed by atoms with Crippen LogP contribution in [0.15, 0.2) is 23.8 Å². The first kappa shape index (κ1) is 21.6. The maximum Gasteiger partial charge on any atom is 0.266 e. The fraction of sp³-hybridized carbons (Fsp3) is 0.375. The molecule has 0 saturated carbocycles. The molecule has 0 fully saturated rings. The lowest BCUT2D eigenvalue weighted by molar-refractivity contribution is -0.112. The van der Waals surface area contributed by atoms with Gasteiger partial charge in [0.25, 0.3) is 5.91 Å². The van der Waals surface area contributed by atoms with Gasteiger partial charge in [0.15, 0.2) is 0 Å². The molecule has 0 spiro atoms. The Morgan fingerprint density at radius 1 is 1.23 bits per heavy atom. The second-order valence-corrected chi connectivity index (χ2v) is 8.47. The summed E-state index contributed by atoms with van der Waals surface area (Å²) in [6.07, 6.45) is 5.62. The average Bonchev–Trinajstić information content (AvgIpc) is 3.10. The molecule has 1 aliphatic rings. The third kappa shape index (κ3) is 4.40. The zero-order chi connectivity index (χ0) is 21.7. The number of hydrogen-bond acceptors (Lipinski definition) is 5. The highest BCUT2D eigenvalue weighted by atomic mass is 32.1. The van der Waals surface area contributed by atoms with Crippen molar-refractivity contribution in [3.05, 3.63) is 50.9 Å². The summed E-state index contributed by atoms with van der Waals surface area (Å²) in [5.74, 6) is -0.472. The molecule has 0 unspecified atom stereocenters. The van der Waals surface area contributed by atoms with Crippen molar-refractivity contribution in [1.82, 2.24) is 0 Å². The number of benzene rings is 1. The van der Waals surface area contributed by atoms with Crippen molar-refractivity contribution in [2.75, 3.05) is 23.3 Å². The minimum absolute atomic E-state index is 0.0314. The molecule has 5 nitrogen and oxygen atoms in total. The Morgan fingerprint density at radius 2 is 1.97 bits per heavy atom. The summed E-state index contributed by atoms with van der Waals surface area (Å²) in [7, 11) is 0. The molecule has 1 amide bonds. The number of carbonyl (C=O) groups excluding carboxylic acids is 1. The van der Waals surface area contributed by atoms with Crippen LogP contribution < -0.4 is 10.2 Å². The van der Waals surface area contributed by atoms with E-state index in [9.17, 15) is 15.3 Å². The van der Waals surface area contributed by atoms with Crippen molar-refractivity contribution in [3.8, 4) is 12.1 Å². The van der Waals surface area contributed by atoms with Crippen LogP contribution in [0.2, 0.25) is 0 Å². The van der Waals surface area contributed by atoms with Crippen LogP contribution in [-0.4, -0.2) is 19.0 Å². The summed E-state index contributed by atoms with van der Waals surface area (Å²) >= 11 is 1.47. The average molecular weight is 419 g/mol. The van der Waals surface area contributed by atoms with Crippen LogP contribution in [-0.2, 0) is 17.6 Å². The number of amides is 1. The summed E-state index contributed by atoms with van der Waals surface area (Å²) in [5.41, 5.74) is 4.62. The van der Waals surface area contributed by atoms with E-state index in [1.54, 1.807) is 6.08 Å². The Hall–Kier alpha value is -3.09. The molecule has 1 aliphatic carbocycles. The Balaban J connectivity index is 1.85. The number of thiophene rings is 1. The molecule has 0 aliphatic heterocycles. The largest absolute Gasteiger partial charge is 0.372 e. The van der Waals surface area contributed by atoms with E-state index in [2.05, 4.69) is 36.2 Å². The molecule has 6 heteroatoms. The molecular weight excluding hydrogens is 392 g/mol. The van der Waals surface area contributed by atoms with Crippen molar-refractivity contribution < 1.29 is 4.79 Å². The number of aryl methyl sites for hydroxylation is 2. The number of nitriles is 2. The van der Waals surface area contributed by atoms with Gasteiger partial charge in [0.2, 0.25) is 0 Å². The lowest BCUT2D eigenvalue weighted by Gasteiger charge is -2.21. The predicted molar refractivity (Wildman–Crippen MR) is 123 cm³/mol. The minimum atomic E-state index is -0.472. The maximum atomic E-state index is 12.8. The molecule has 30 heavy (non-hydrogen) atoms. The molecule has 1 N–H and O–H groups in total. The first-order chi connectivity index (χ1) is 14.5. The van der Waals surface area contributed by atoms with Crippen molar-refractivity contribution in [1.29, 1.82) is 10.5 Å². The van der Waals surface area contributed by atoms with Gasteiger partial charge in [0.05, 0.1) is 5.56 Å². The minimum Gasteiger partial charge on any atom is -0.372 e. The van der Waals surface area contributed by atoms with Gasteiger partial charge in [-0.05, 0) is 81.4 Å². The number of hydrogen-bond donors (Lipinski definition) is 1. The maximum absolute atomic E-state index is 12.8. The molecule has 154 valence electrons. The second kappa shape index (κ2) is 9.61. The van der Waals surface area contributed by atoms with Gasteiger partial charge in [0.1, 0.15) is 22.7 Å². The van der Waals surface area contributed by atoms with E-state index in [0.29, 0.717) is 10.6 Å². The van der Waals surface area contributed by atoms with Crippen molar-refractivity contribution in [2.45, 2.75) is 46.5 Å². The normalized spacial score (nSPS) is 13.2. The lowest BCUT2D eigenvalue weighted by Crippen LogP contribution is -2.21. The Bertz CT molecular complexity index is 1060. The monoisotopic (exact) mass is 418 g/mol. The number of rotatable bonds is 6. The zero-order valence-electron chi connectivity index (χ0n) is 17.7. The van der Waals surface area contributed by atoms with E-state index in [-0.39, 0.29) is 5.57 Å². The quantitative estimate of drug-likeness (QED) is 0.516. The van der Waals surface area contributed by atoms with Gasteiger partial charge in [-0.1, -0.05) is 6.07 Å². The van der Waals surface area contributed by atoms with Gasteiger partial charge >= 0.3 is 0 Å². The predicted octanol–water partition coefficient (Wildman–Crippen LogP) is 5.20. The highest BCUT2D eigenvalue weighted by molar-refractivity contribution is 7.16. The molecule has 0 bridgehead atoms. The van der Waals surface area contributed by atoms with Crippen LogP contribution in [0.1, 0.15) is 53.8 Å². The topological polar surface area (TPSA) is 79.9 Å². The van der Waals surface area contributed by atoms with E-state index in [0.717, 1.165) is 61.2 Å². The number of nitrogens with one attached hydrogen (secondary N) is 1. The van der Waals surface area contributed by atoms with Crippen molar-refractivity contribution >= 4 is 34.0 Å². The Labute approximate surface area is 182 Å². The summed E-state index contributed by atoms with van der Waals surface area (Å²) in [4.78, 5) is 16.2. The van der Waals surface area contributed by atoms with E-state index in [1.807, 2.05) is 25.1 Å². The summed E-state index contributed by atoms with van der Waals surface area (Å²) in [6, 6.07) is 10.3. The first-order valence-corrected chi connectivity index (χ1v) is 11.2. The first-order valence-electron chi connectivity index (χ1n) is 10.4. The Morgan fingerprint density at radius 3 is 2.60 bits per heavy atom. The van der Waals surface area contributed by atoms with Gasteiger partial charge in [-0.15, -0.1) is 11.3 Å². The summed E-state index contributed by atoms with van der Waals surface area (Å²) in [5, 5.41) is 22.5.